The molecule has 0 aliphatic carbocycles. The van der Waals surface area contributed by atoms with Gasteiger partial charge in [0.15, 0.2) is 0 Å². The lowest BCUT2D eigenvalue weighted by Gasteiger charge is -2.32. The van der Waals surface area contributed by atoms with E-state index in [2.05, 4.69) is 5.32 Å². The van der Waals surface area contributed by atoms with Crippen LogP contribution in [0.3, 0.4) is 0 Å². The average molecular weight is 592 g/mol. The standard InChI is InChI=1S/C15H17Cl2NO4.C10H9Cl2NO2/c1-15(2,3)22-14(21)18-5-4-9-8(7-18)6-10(16)11(12(9)17)13(19)20;11-7-3-5-4-13-2-1-6(5)9(12)8(7)10(14)15/h6H,4-5,7H2,1-3H3,(H,19,20);3,13H,1-2,4H2,(H,14,15). The van der Waals surface area contributed by atoms with Gasteiger partial charge in [-0.25, -0.2) is 14.4 Å². The van der Waals surface area contributed by atoms with Crippen LogP contribution in [0.2, 0.25) is 20.1 Å². The van der Waals surface area contributed by atoms with Crippen molar-refractivity contribution in [3.05, 3.63) is 65.6 Å². The maximum atomic E-state index is 12.1. The Labute approximate surface area is 234 Å². The second kappa shape index (κ2) is 11.7. The SMILES string of the molecule is CC(C)(C)OC(=O)N1CCc2c(cc(Cl)c(C(=O)O)c2Cl)C1.O=C(O)c1c(Cl)cc2c(c1Cl)CCNC2. The summed E-state index contributed by atoms with van der Waals surface area (Å²) in [5, 5.41) is 22.0. The third-order valence-corrected chi connectivity index (χ3v) is 7.19. The monoisotopic (exact) mass is 590 g/mol. The topological polar surface area (TPSA) is 116 Å². The van der Waals surface area contributed by atoms with E-state index in [-0.39, 0.29) is 31.2 Å². The number of amides is 1. The first-order valence-electron chi connectivity index (χ1n) is 11.4. The number of fused-ring (bicyclic) bond motifs is 2. The minimum atomic E-state index is -1.16. The number of aromatic carboxylic acids is 2. The molecule has 2 aliphatic heterocycles. The lowest BCUT2D eigenvalue weighted by atomic mass is 9.97. The molecule has 0 unspecified atom stereocenters. The second-order valence-corrected chi connectivity index (χ2v) is 11.1. The van der Waals surface area contributed by atoms with Gasteiger partial charge in [0.1, 0.15) is 5.60 Å². The average Bonchev–Trinajstić information content (AvgIpc) is 2.77. The molecule has 0 spiro atoms. The van der Waals surface area contributed by atoms with Crippen LogP contribution in [0.25, 0.3) is 0 Å². The first-order valence-corrected chi connectivity index (χ1v) is 12.9. The quantitative estimate of drug-likeness (QED) is 0.374. The Hall–Kier alpha value is -2.23. The largest absolute Gasteiger partial charge is 0.478 e. The minimum absolute atomic E-state index is 0.0129. The summed E-state index contributed by atoms with van der Waals surface area (Å²) in [5.74, 6) is -2.24. The molecule has 1 amide bonds. The molecule has 12 heteroatoms. The molecule has 0 bridgehead atoms. The van der Waals surface area contributed by atoms with E-state index in [4.69, 9.17) is 61.4 Å². The predicted octanol–water partition coefficient (Wildman–Crippen LogP) is 6.32. The number of benzene rings is 2. The minimum Gasteiger partial charge on any atom is -0.478 e. The molecule has 0 aromatic heterocycles. The van der Waals surface area contributed by atoms with Crippen LogP contribution < -0.4 is 5.32 Å². The van der Waals surface area contributed by atoms with E-state index in [1.165, 1.54) is 0 Å². The predicted molar refractivity (Wildman–Crippen MR) is 143 cm³/mol. The van der Waals surface area contributed by atoms with E-state index in [0.717, 1.165) is 35.2 Å². The number of hydrogen-bond acceptors (Lipinski definition) is 5. The fourth-order valence-electron chi connectivity index (χ4n) is 4.10. The van der Waals surface area contributed by atoms with Gasteiger partial charge in [0.25, 0.3) is 0 Å². The summed E-state index contributed by atoms with van der Waals surface area (Å²) >= 11 is 24.1. The first-order chi connectivity index (χ1) is 17.2. The summed E-state index contributed by atoms with van der Waals surface area (Å²) in [5.41, 5.74) is 2.71. The van der Waals surface area contributed by atoms with Gasteiger partial charge < -0.3 is 25.2 Å². The van der Waals surface area contributed by atoms with Crippen molar-refractivity contribution in [3.63, 3.8) is 0 Å². The zero-order valence-electron chi connectivity index (χ0n) is 20.4. The van der Waals surface area contributed by atoms with E-state index in [1.54, 1.807) is 37.8 Å². The molecule has 4 rings (SSSR count). The molecule has 8 nitrogen and oxygen atoms in total. The number of carbonyl (C=O) groups is 3. The summed E-state index contributed by atoms with van der Waals surface area (Å²) in [7, 11) is 0. The Bertz CT molecular complexity index is 1260. The number of halogens is 4. The highest BCUT2D eigenvalue weighted by molar-refractivity contribution is 6.40. The number of hydrogen-bond donors (Lipinski definition) is 3. The van der Waals surface area contributed by atoms with Crippen LogP contribution in [0.1, 0.15) is 63.7 Å². The normalized spacial score (nSPS) is 14.6. The number of nitrogens with one attached hydrogen (secondary N) is 1. The van der Waals surface area contributed by atoms with Crippen LogP contribution in [-0.4, -0.2) is 51.8 Å². The van der Waals surface area contributed by atoms with Crippen LogP contribution in [0.15, 0.2) is 12.1 Å². The lowest BCUT2D eigenvalue weighted by Crippen LogP contribution is -2.40. The Morgan fingerprint density at radius 2 is 1.41 bits per heavy atom. The number of carboxylic acids is 2. The Kier molecular flexibility index (Phi) is 9.24. The van der Waals surface area contributed by atoms with E-state index in [1.807, 2.05) is 0 Å². The third kappa shape index (κ3) is 6.81. The fraction of sp³-hybridized carbons (Fsp3) is 0.400. The molecule has 2 aliphatic rings. The van der Waals surface area contributed by atoms with E-state index >= 15 is 0 Å². The van der Waals surface area contributed by atoms with Crippen molar-refractivity contribution < 1.29 is 29.3 Å². The molecular formula is C25H26Cl4N2O6. The zero-order valence-corrected chi connectivity index (χ0v) is 23.4. The van der Waals surface area contributed by atoms with Gasteiger partial charge in [-0.05, 0) is 74.5 Å². The number of nitrogens with zero attached hydrogens (tertiary/aromatic N) is 1. The molecule has 2 aromatic carbocycles. The van der Waals surface area contributed by atoms with Crippen molar-refractivity contribution in [2.24, 2.45) is 0 Å². The van der Waals surface area contributed by atoms with Gasteiger partial charge >= 0.3 is 18.0 Å². The van der Waals surface area contributed by atoms with Crippen molar-refractivity contribution in [3.8, 4) is 0 Å². The summed E-state index contributed by atoms with van der Waals surface area (Å²) in [6.45, 7) is 7.62. The van der Waals surface area contributed by atoms with Gasteiger partial charge in [0, 0.05) is 19.6 Å². The van der Waals surface area contributed by atoms with Crippen LogP contribution in [0, 0.1) is 0 Å². The van der Waals surface area contributed by atoms with Crippen molar-refractivity contribution in [2.75, 3.05) is 13.1 Å². The highest BCUT2D eigenvalue weighted by Crippen LogP contribution is 2.35. The summed E-state index contributed by atoms with van der Waals surface area (Å²) < 4.78 is 5.34. The molecule has 0 fully saturated rings. The highest BCUT2D eigenvalue weighted by atomic mass is 35.5. The van der Waals surface area contributed by atoms with Crippen LogP contribution >= 0.6 is 46.4 Å². The van der Waals surface area contributed by atoms with Gasteiger partial charge in [-0.1, -0.05) is 46.4 Å². The van der Waals surface area contributed by atoms with Gasteiger partial charge in [-0.15, -0.1) is 0 Å². The molecule has 200 valence electrons. The Morgan fingerprint density at radius 1 is 0.892 bits per heavy atom. The molecule has 0 atom stereocenters. The summed E-state index contributed by atoms with van der Waals surface area (Å²) in [6.07, 6.45) is 0.795. The van der Waals surface area contributed by atoms with Crippen molar-refractivity contribution >= 4 is 64.4 Å². The molecule has 0 saturated heterocycles. The number of ether oxygens (including phenoxy) is 1. The van der Waals surface area contributed by atoms with Crippen molar-refractivity contribution in [1.82, 2.24) is 10.2 Å². The molecule has 2 heterocycles. The van der Waals surface area contributed by atoms with E-state index < -0.39 is 23.6 Å². The van der Waals surface area contributed by atoms with Gasteiger partial charge in [0.05, 0.1) is 31.2 Å². The number of rotatable bonds is 2. The Morgan fingerprint density at radius 3 is 1.92 bits per heavy atom. The number of carbonyl (C=O) groups excluding carboxylic acids is 1. The smallest absolute Gasteiger partial charge is 0.410 e. The Balaban J connectivity index is 0.000000220. The zero-order chi connectivity index (χ0) is 27.7. The molecule has 3 N–H and O–H groups in total. The molecule has 2 aromatic rings. The van der Waals surface area contributed by atoms with Gasteiger partial charge in [0.2, 0.25) is 0 Å². The molecular weight excluding hydrogens is 566 g/mol. The fourth-order valence-corrected chi connectivity index (χ4v) is 5.61. The van der Waals surface area contributed by atoms with Crippen molar-refractivity contribution in [1.29, 1.82) is 0 Å². The van der Waals surface area contributed by atoms with Crippen LogP contribution in [0.5, 0.6) is 0 Å². The third-order valence-electron chi connectivity index (χ3n) is 5.76. The van der Waals surface area contributed by atoms with Crippen LogP contribution in [-0.2, 0) is 30.7 Å². The van der Waals surface area contributed by atoms with E-state index in [9.17, 15) is 14.4 Å². The molecule has 37 heavy (non-hydrogen) atoms. The highest BCUT2D eigenvalue weighted by Gasteiger charge is 2.29. The van der Waals surface area contributed by atoms with Gasteiger partial charge in [-0.3, -0.25) is 0 Å². The van der Waals surface area contributed by atoms with Gasteiger partial charge in [-0.2, -0.15) is 0 Å². The van der Waals surface area contributed by atoms with Crippen molar-refractivity contribution in [2.45, 2.75) is 52.3 Å². The molecule has 0 radical (unpaired) electrons. The van der Waals surface area contributed by atoms with Crippen LogP contribution in [0.4, 0.5) is 4.79 Å². The lowest BCUT2D eigenvalue weighted by molar-refractivity contribution is 0.0223. The molecule has 0 saturated carbocycles. The summed E-state index contributed by atoms with van der Waals surface area (Å²) in [6, 6.07) is 3.24. The van der Waals surface area contributed by atoms with E-state index in [0.29, 0.717) is 26.1 Å². The maximum Gasteiger partial charge on any atom is 0.410 e. The second-order valence-electron chi connectivity index (χ2n) is 9.56. The maximum absolute atomic E-state index is 12.1. The first kappa shape index (κ1) is 29.3. The number of carboxylic acid groups (broad SMARTS) is 2. The summed E-state index contributed by atoms with van der Waals surface area (Å²) in [4.78, 5) is 35.8.